The fourth-order valence-electron chi connectivity index (χ4n) is 3.30. The van der Waals surface area contributed by atoms with Crippen LogP contribution in [-0.4, -0.2) is 64.6 Å². The summed E-state index contributed by atoms with van der Waals surface area (Å²) >= 11 is 0. The average Bonchev–Trinajstić information content (AvgIpc) is 2.51. The summed E-state index contributed by atoms with van der Waals surface area (Å²) in [5.74, 6) is 0.796. The fourth-order valence-corrected chi connectivity index (χ4v) is 3.30. The minimum Gasteiger partial charge on any atom is -0.385 e. The van der Waals surface area contributed by atoms with E-state index >= 15 is 0 Å². The van der Waals surface area contributed by atoms with Gasteiger partial charge in [-0.25, -0.2) is 0 Å². The molecule has 1 aliphatic rings. The van der Waals surface area contributed by atoms with E-state index in [2.05, 4.69) is 17.1 Å². The van der Waals surface area contributed by atoms with E-state index in [9.17, 15) is 0 Å². The highest BCUT2D eigenvalue weighted by Gasteiger charge is 2.26. The van der Waals surface area contributed by atoms with Gasteiger partial charge in [-0.15, -0.1) is 0 Å². The number of rotatable bonds is 12. The number of hydrogen-bond acceptors (Lipinski definition) is 4. The second kappa shape index (κ2) is 12.4. The Balaban J connectivity index is 2.43. The normalized spacial score (nSPS) is 22.9. The molecule has 4 heteroatoms. The van der Waals surface area contributed by atoms with E-state index < -0.39 is 0 Å². The average molecular weight is 300 g/mol. The molecule has 2 atom stereocenters. The van der Waals surface area contributed by atoms with E-state index in [0.717, 1.165) is 45.2 Å². The molecule has 1 saturated carbocycles. The van der Waals surface area contributed by atoms with Crippen LogP contribution < -0.4 is 5.32 Å². The molecule has 1 aliphatic carbocycles. The highest BCUT2D eigenvalue weighted by atomic mass is 16.5. The number of nitrogens with zero attached hydrogens (tertiary/aromatic N) is 1. The van der Waals surface area contributed by atoms with Gasteiger partial charge in [0.2, 0.25) is 0 Å². The second-order valence-corrected chi connectivity index (χ2v) is 6.24. The van der Waals surface area contributed by atoms with Crippen molar-refractivity contribution in [3.63, 3.8) is 0 Å². The molecule has 0 bridgehead atoms. The van der Waals surface area contributed by atoms with Crippen LogP contribution in [0.25, 0.3) is 0 Å². The van der Waals surface area contributed by atoms with E-state index in [1.807, 2.05) is 0 Å². The van der Waals surface area contributed by atoms with Crippen molar-refractivity contribution in [1.29, 1.82) is 0 Å². The predicted molar refractivity (Wildman–Crippen MR) is 88.8 cm³/mol. The topological polar surface area (TPSA) is 33.7 Å². The first-order valence-electron chi connectivity index (χ1n) is 8.75. The third-order valence-corrected chi connectivity index (χ3v) is 4.49. The molecule has 1 N–H and O–H groups in total. The van der Waals surface area contributed by atoms with Gasteiger partial charge in [-0.2, -0.15) is 0 Å². The van der Waals surface area contributed by atoms with Crippen LogP contribution in [0.2, 0.25) is 0 Å². The largest absolute Gasteiger partial charge is 0.385 e. The lowest BCUT2D eigenvalue weighted by atomic mass is 9.84. The van der Waals surface area contributed by atoms with Crippen LogP contribution >= 0.6 is 0 Å². The van der Waals surface area contributed by atoms with Gasteiger partial charge in [-0.1, -0.05) is 19.8 Å². The van der Waals surface area contributed by atoms with Gasteiger partial charge in [-0.3, -0.25) is 0 Å². The van der Waals surface area contributed by atoms with Gasteiger partial charge < -0.3 is 19.7 Å². The molecule has 0 saturated heterocycles. The van der Waals surface area contributed by atoms with E-state index in [-0.39, 0.29) is 0 Å². The van der Waals surface area contributed by atoms with E-state index in [1.54, 1.807) is 14.2 Å². The minimum absolute atomic E-state index is 0.714. The zero-order chi connectivity index (χ0) is 15.3. The van der Waals surface area contributed by atoms with E-state index in [1.165, 1.54) is 38.6 Å². The first-order chi connectivity index (χ1) is 10.3. The molecule has 2 unspecified atom stereocenters. The summed E-state index contributed by atoms with van der Waals surface area (Å²) in [5, 5.41) is 3.77. The Morgan fingerprint density at radius 2 is 1.81 bits per heavy atom. The summed E-state index contributed by atoms with van der Waals surface area (Å²) < 4.78 is 10.5. The van der Waals surface area contributed by atoms with Crippen molar-refractivity contribution in [3.8, 4) is 0 Å². The monoisotopic (exact) mass is 300 g/mol. The van der Waals surface area contributed by atoms with E-state index in [4.69, 9.17) is 9.47 Å². The Morgan fingerprint density at radius 1 is 1.05 bits per heavy atom. The van der Waals surface area contributed by atoms with Gasteiger partial charge in [0.15, 0.2) is 0 Å². The molecule has 0 heterocycles. The first kappa shape index (κ1) is 18.9. The molecular formula is C17H36N2O2. The van der Waals surface area contributed by atoms with Crippen molar-refractivity contribution >= 4 is 0 Å². The summed E-state index contributed by atoms with van der Waals surface area (Å²) in [7, 11) is 3.57. The molecule has 0 radical (unpaired) electrons. The molecule has 21 heavy (non-hydrogen) atoms. The third-order valence-electron chi connectivity index (χ3n) is 4.49. The quantitative estimate of drug-likeness (QED) is 0.562. The number of methoxy groups -OCH3 is 2. The standard InChI is InChI=1S/C17H36N2O2/c1-4-10-18-17-9-6-5-8-16(17)15-19(12-14-21-3)11-7-13-20-2/h16-18H,4-15H2,1-3H3. The SMILES string of the molecule is CCCNC1CCCCC1CN(CCCOC)CCOC. The van der Waals surface area contributed by atoms with E-state index in [0.29, 0.717) is 6.04 Å². The molecule has 0 amide bonds. The fraction of sp³-hybridized carbons (Fsp3) is 1.00. The lowest BCUT2D eigenvalue weighted by Gasteiger charge is -2.36. The Bertz CT molecular complexity index is 239. The molecule has 1 rings (SSSR count). The second-order valence-electron chi connectivity index (χ2n) is 6.24. The van der Waals surface area contributed by atoms with Crippen LogP contribution in [0.15, 0.2) is 0 Å². The Morgan fingerprint density at radius 3 is 2.52 bits per heavy atom. The van der Waals surface area contributed by atoms with Gasteiger partial charge in [0, 0.05) is 46.5 Å². The van der Waals surface area contributed by atoms with Crippen molar-refractivity contribution in [2.75, 3.05) is 53.6 Å². The van der Waals surface area contributed by atoms with Crippen LogP contribution in [-0.2, 0) is 9.47 Å². The summed E-state index contributed by atoms with van der Waals surface area (Å²) in [6, 6.07) is 0.714. The number of nitrogens with one attached hydrogen (secondary N) is 1. The van der Waals surface area contributed by atoms with Crippen molar-refractivity contribution in [2.24, 2.45) is 5.92 Å². The smallest absolute Gasteiger partial charge is 0.0589 e. The van der Waals surface area contributed by atoms with Crippen LogP contribution in [0.5, 0.6) is 0 Å². The maximum Gasteiger partial charge on any atom is 0.0589 e. The zero-order valence-electron chi connectivity index (χ0n) is 14.4. The third kappa shape index (κ3) is 8.15. The van der Waals surface area contributed by atoms with Gasteiger partial charge >= 0.3 is 0 Å². The molecule has 0 spiro atoms. The van der Waals surface area contributed by atoms with Crippen LogP contribution in [0, 0.1) is 5.92 Å². The molecule has 0 aromatic heterocycles. The van der Waals surface area contributed by atoms with Crippen molar-refractivity contribution in [2.45, 2.75) is 51.5 Å². The van der Waals surface area contributed by atoms with Gasteiger partial charge in [0.05, 0.1) is 6.61 Å². The van der Waals surface area contributed by atoms with Crippen LogP contribution in [0.1, 0.15) is 45.4 Å². The van der Waals surface area contributed by atoms with Gasteiger partial charge in [0.25, 0.3) is 0 Å². The molecular weight excluding hydrogens is 264 g/mol. The molecule has 1 fully saturated rings. The molecule has 126 valence electrons. The number of ether oxygens (including phenoxy) is 2. The first-order valence-corrected chi connectivity index (χ1v) is 8.75. The summed E-state index contributed by atoms with van der Waals surface area (Å²) in [4.78, 5) is 2.57. The zero-order valence-corrected chi connectivity index (χ0v) is 14.4. The van der Waals surface area contributed by atoms with Gasteiger partial charge in [-0.05, 0) is 38.1 Å². The van der Waals surface area contributed by atoms with Crippen LogP contribution in [0.3, 0.4) is 0 Å². The van der Waals surface area contributed by atoms with Crippen molar-refractivity contribution in [3.05, 3.63) is 0 Å². The Hall–Kier alpha value is -0.160. The molecule has 0 aromatic carbocycles. The van der Waals surface area contributed by atoms with Crippen molar-refractivity contribution in [1.82, 2.24) is 10.2 Å². The lowest BCUT2D eigenvalue weighted by molar-refractivity contribution is 0.107. The number of hydrogen-bond donors (Lipinski definition) is 1. The van der Waals surface area contributed by atoms with Gasteiger partial charge in [0.1, 0.15) is 0 Å². The maximum atomic E-state index is 5.27. The van der Waals surface area contributed by atoms with Crippen LogP contribution in [0.4, 0.5) is 0 Å². The molecule has 4 nitrogen and oxygen atoms in total. The predicted octanol–water partition coefficient (Wildman–Crippen LogP) is 2.53. The minimum atomic E-state index is 0.714. The summed E-state index contributed by atoms with van der Waals surface area (Å²) in [5.41, 5.74) is 0. The maximum absolute atomic E-state index is 5.27. The molecule has 0 aliphatic heterocycles. The Kier molecular flexibility index (Phi) is 11.1. The lowest BCUT2D eigenvalue weighted by Crippen LogP contribution is -2.45. The summed E-state index contributed by atoms with van der Waals surface area (Å²) in [6.07, 6.45) is 7.84. The molecule has 0 aromatic rings. The Labute approximate surface area is 131 Å². The summed E-state index contributed by atoms with van der Waals surface area (Å²) in [6.45, 7) is 8.45. The highest BCUT2D eigenvalue weighted by molar-refractivity contribution is 4.83. The van der Waals surface area contributed by atoms with Crippen molar-refractivity contribution < 1.29 is 9.47 Å². The highest BCUT2D eigenvalue weighted by Crippen LogP contribution is 2.25.